The van der Waals surface area contributed by atoms with Gasteiger partial charge in [-0.3, -0.25) is 19.6 Å². The van der Waals surface area contributed by atoms with Gasteiger partial charge in [-0.2, -0.15) is 5.10 Å². The fourth-order valence-corrected chi connectivity index (χ4v) is 4.74. The van der Waals surface area contributed by atoms with Crippen molar-refractivity contribution < 1.29 is 19.7 Å². The molecule has 2 aliphatic heterocycles. The van der Waals surface area contributed by atoms with Gasteiger partial charge < -0.3 is 25.6 Å². The molecular formula is C27H38N6O4. The van der Waals surface area contributed by atoms with Gasteiger partial charge in [0, 0.05) is 43.5 Å². The highest BCUT2D eigenvalue weighted by atomic mass is 16.5. The van der Waals surface area contributed by atoms with Crippen molar-refractivity contribution in [3.63, 3.8) is 0 Å². The van der Waals surface area contributed by atoms with Crippen molar-refractivity contribution in [3.8, 4) is 11.5 Å². The second-order valence-electron chi connectivity index (χ2n) is 10.2. The molecule has 1 atom stereocenters. The molecule has 0 radical (unpaired) electrons. The molecule has 2 aromatic rings. The molecule has 4 rings (SSSR count). The number of benzene rings is 2. The molecule has 0 saturated carbocycles. The smallest absolute Gasteiger partial charge is 0.286 e. The van der Waals surface area contributed by atoms with E-state index in [0.29, 0.717) is 24.2 Å². The van der Waals surface area contributed by atoms with Crippen LogP contribution in [0.2, 0.25) is 0 Å². The summed E-state index contributed by atoms with van der Waals surface area (Å²) in [5.41, 5.74) is 8.94. The highest BCUT2D eigenvalue weighted by molar-refractivity contribution is 6.43. The highest BCUT2D eigenvalue weighted by Gasteiger charge is 2.40. The molecule has 1 fully saturated rings. The maximum atomic E-state index is 12.6. The van der Waals surface area contributed by atoms with E-state index in [1.54, 1.807) is 16.0 Å². The number of primary amides is 1. The Balaban J connectivity index is 1.73. The van der Waals surface area contributed by atoms with Gasteiger partial charge in [-0.05, 0) is 49.3 Å². The molecule has 37 heavy (non-hydrogen) atoms. The van der Waals surface area contributed by atoms with Crippen molar-refractivity contribution in [3.05, 3.63) is 53.1 Å². The number of hydrogen-bond acceptors (Lipinski definition) is 9. The molecule has 2 aliphatic rings. The van der Waals surface area contributed by atoms with Crippen molar-refractivity contribution >= 4 is 17.4 Å². The maximum Gasteiger partial charge on any atom is 0.286 e. The van der Waals surface area contributed by atoms with Crippen molar-refractivity contribution in [2.24, 2.45) is 10.8 Å². The van der Waals surface area contributed by atoms with E-state index >= 15 is 0 Å². The van der Waals surface area contributed by atoms with Gasteiger partial charge in [-0.25, -0.2) is 0 Å². The van der Waals surface area contributed by atoms with E-state index in [4.69, 9.17) is 10.5 Å². The number of carbonyl (C=O) groups excluding carboxylic acids is 1. The van der Waals surface area contributed by atoms with E-state index in [0.717, 1.165) is 44.1 Å². The minimum Gasteiger partial charge on any atom is -0.508 e. The summed E-state index contributed by atoms with van der Waals surface area (Å²) in [7, 11) is 3.92. The third-order valence-electron chi connectivity index (χ3n) is 6.78. The summed E-state index contributed by atoms with van der Waals surface area (Å²) in [6.07, 6.45) is -0.620. The van der Waals surface area contributed by atoms with Crippen LogP contribution >= 0.6 is 0 Å². The number of phenols is 2. The first-order valence-corrected chi connectivity index (χ1v) is 12.7. The van der Waals surface area contributed by atoms with Crippen molar-refractivity contribution in [1.82, 2.24) is 14.8 Å². The van der Waals surface area contributed by atoms with Gasteiger partial charge in [0.25, 0.3) is 5.91 Å². The number of ether oxygens (including phenoxy) is 1. The molecule has 0 bridgehead atoms. The number of amidine groups is 1. The number of anilines is 1. The lowest BCUT2D eigenvalue weighted by Gasteiger charge is -2.33. The zero-order chi connectivity index (χ0) is 26.7. The van der Waals surface area contributed by atoms with Crippen LogP contribution in [-0.4, -0.2) is 90.3 Å². The summed E-state index contributed by atoms with van der Waals surface area (Å²) < 4.78 is 5.45. The Labute approximate surface area is 218 Å². The first kappa shape index (κ1) is 26.7. The van der Waals surface area contributed by atoms with Crippen LogP contribution in [0.1, 0.15) is 42.6 Å². The summed E-state index contributed by atoms with van der Waals surface area (Å²) in [6, 6.07) is 11.1. The van der Waals surface area contributed by atoms with Crippen LogP contribution in [0.5, 0.6) is 11.5 Å². The van der Waals surface area contributed by atoms with E-state index in [2.05, 4.69) is 10.0 Å². The Bertz CT molecular complexity index is 1130. The Hall–Kier alpha value is -3.34. The van der Waals surface area contributed by atoms with Gasteiger partial charge >= 0.3 is 0 Å². The highest BCUT2D eigenvalue weighted by Crippen LogP contribution is 2.42. The fourth-order valence-electron chi connectivity index (χ4n) is 4.74. The van der Waals surface area contributed by atoms with Gasteiger partial charge in [0.15, 0.2) is 6.17 Å². The van der Waals surface area contributed by atoms with Crippen LogP contribution in [0.15, 0.2) is 41.5 Å². The quantitative estimate of drug-likeness (QED) is 0.470. The number of hydrazone groups is 1. The number of nitrogens with zero attached hydrogens (tertiary/aromatic N) is 5. The summed E-state index contributed by atoms with van der Waals surface area (Å²) in [6.45, 7) is 9.21. The molecule has 1 saturated heterocycles. The Morgan fingerprint density at radius 2 is 1.81 bits per heavy atom. The number of aromatic hydroxyl groups is 2. The molecule has 0 aliphatic carbocycles. The molecule has 10 heteroatoms. The molecule has 2 aromatic carbocycles. The average Bonchev–Trinajstić information content (AvgIpc) is 3.23. The lowest BCUT2D eigenvalue weighted by molar-refractivity contribution is -0.112. The average molecular weight is 511 g/mol. The summed E-state index contributed by atoms with van der Waals surface area (Å²) in [5.74, 6) is -0.568. The number of morpholine rings is 1. The van der Waals surface area contributed by atoms with Gasteiger partial charge in [-0.1, -0.05) is 26.0 Å². The fraction of sp³-hybridized carbons (Fsp3) is 0.481. The molecule has 10 nitrogen and oxygen atoms in total. The first-order valence-electron chi connectivity index (χ1n) is 12.7. The third-order valence-corrected chi connectivity index (χ3v) is 6.78. The van der Waals surface area contributed by atoms with Gasteiger partial charge in [-0.15, -0.1) is 0 Å². The van der Waals surface area contributed by atoms with E-state index in [-0.39, 0.29) is 23.3 Å². The van der Waals surface area contributed by atoms with Crippen LogP contribution < -0.4 is 10.6 Å². The maximum absolute atomic E-state index is 12.6. The number of amides is 1. The number of phenolic OH excluding ortho intramolecular Hbond substituents is 2. The van der Waals surface area contributed by atoms with Crippen LogP contribution in [0.3, 0.4) is 0 Å². The zero-order valence-electron chi connectivity index (χ0n) is 22.1. The van der Waals surface area contributed by atoms with Crippen molar-refractivity contribution in [1.29, 1.82) is 0 Å². The molecule has 4 N–H and O–H groups in total. The molecular weight excluding hydrogens is 472 g/mol. The van der Waals surface area contributed by atoms with Crippen LogP contribution in [0, 0.1) is 0 Å². The molecule has 0 spiro atoms. The molecule has 1 unspecified atom stereocenters. The normalized spacial score (nSPS) is 18.6. The van der Waals surface area contributed by atoms with Crippen LogP contribution in [-0.2, 0) is 16.1 Å². The number of carbonyl (C=O) groups is 1. The second kappa shape index (κ2) is 11.4. The predicted octanol–water partition coefficient (Wildman–Crippen LogP) is 2.23. The number of nitrogens with two attached hydrogens (primary N) is 1. The van der Waals surface area contributed by atoms with E-state index in [1.807, 2.05) is 57.1 Å². The predicted molar refractivity (Wildman–Crippen MR) is 144 cm³/mol. The first-order chi connectivity index (χ1) is 17.7. The van der Waals surface area contributed by atoms with E-state index in [9.17, 15) is 15.0 Å². The van der Waals surface area contributed by atoms with Crippen LogP contribution in [0.4, 0.5) is 5.69 Å². The molecule has 200 valence electrons. The Morgan fingerprint density at radius 3 is 2.41 bits per heavy atom. The van der Waals surface area contributed by atoms with Gasteiger partial charge in [0.05, 0.1) is 19.8 Å². The molecule has 1 amide bonds. The van der Waals surface area contributed by atoms with Gasteiger partial charge in [0.2, 0.25) is 5.84 Å². The standard InChI is InChI=1S/C27H38N6O4/c1-18(2)21-15-22(24(35)16-23(21)34)27-32(10-9-30(3)4)29-26(25(28)36)33(27)20-7-5-19(6-8-20)17-31-11-13-37-14-12-31/h5-8,15-16,18,27,34-35H,9-14,17H2,1-4H3,(H2,28,36). The minimum atomic E-state index is -0.655. The topological polar surface area (TPSA) is 118 Å². The lowest BCUT2D eigenvalue weighted by Crippen LogP contribution is -2.41. The summed E-state index contributed by atoms with van der Waals surface area (Å²) in [5, 5.41) is 27.8. The lowest BCUT2D eigenvalue weighted by atomic mass is 9.97. The Morgan fingerprint density at radius 1 is 1.14 bits per heavy atom. The zero-order valence-corrected chi connectivity index (χ0v) is 22.1. The summed E-state index contributed by atoms with van der Waals surface area (Å²) >= 11 is 0. The number of hydrogen-bond donors (Lipinski definition) is 3. The number of likely N-dealkylation sites (N-methyl/N-ethyl adjacent to an activating group) is 1. The number of rotatable bonds is 9. The largest absolute Gasteiger partial charge is 0.508 e. The monoisotopic (exact) mass is 510 g/mol. The SMILES string of the molecule is CC(C)c1cc(C2N(CCN(C)C)N=C(C(N)=O)N2c2ccc(CN3CCOCC3)cc2)c(O)cc1O. The minimum absolute atomic E-state index is 0.0282. The Kier molecular flexibility index (Phi) is 8.21. The molecule has 2 heterocycles. The third kappa shape index (κ3) is 5.98. The van der Waals surface area contributed by atoms with Gasteiger partial charge in [0.1, 0.15) is 11.5 Å². The van der Waals surface area contributed by atoms with E-state index < -0.39 is 12.1 Å². The molecule has 0 aromatic heterocycles. The van der Waals surface area contributed by atoms with Crippen molar-refractivity contribution in [2.75, 3.05) is 58.4 Å². The van der Waals surface area contributed by atoms with Crippen LogP contribution in [0.25, 0.3) is 0 Å². The van der Waals surface area contributed by atoms with E-state index in [1.165, 1.54) is 6.07 Å². The second-order valence-corrected chi connectivity index (χ2v) is 10.2. The summed E-state index contributed by atoms with van der Waals surface area (Å²) in [4.78, 5) is 18.7. The van der Waals surface area contributed by atoms with Crippen molar-refractivity contribution in [2.45, 2.75) is 32.5 Å².